The monoisotopic (exact) mass is 322 g/mol. The van der Waals surface area contributed by atoms with E-state index in [1.807, 2.05) is 31.2 Å². The van der Waals surface area contributed by atoms with Gasteiger partial charge in [-0.3, -0.25) is 9.59 Å². The Morgan fingerprint density at radius 3 is 2.95 bits per heavy atom. The zero-order valence-electron chi connectivity index (χ0n) is 11.6. The molecule has 1 aliphatic rings. The molecule has 1 aliphatic heterocycles. The summed E-state index contributed by atoms with van der Waals surface area (Å²) in [5, 5.41) is 4.18. The summed E-state index contributed by atoms with van der Waals surface area (Å²) in [4.78, 5) is 26.8. The Hall–Kier alpha value is -1.59. The first-order chi connectivity index (χ1) is 10.1. The molecule has 1 saturated heterocycles. The maximum Gasteiger partial charge on any atom is 0.266 e. The average Bonchev–Trinajstić information content (AvgIpc) is 2.84. The van der Waals surface area contributed by atoms with Crippen LogP contribution in [0.4, 0.5) is 0 Å². The number of piperazine rings is 1. The number of benzene rings is 1. The van der Waals surface area contributed by atoms with Gasteiger partial charge in [0, 0.05) is 23.2 Å². The highest BCUT2D eigenvalue weighted by molar-refractivity contribution is 7.21. The molecule has 1 aromatic carbocycles. The number of halogens is 1. The Labute approximate surface area is 131 Å². The number of thiophene rings is 1. The molecule has 1 fully saturated rings. The predicted octanol–water partition coefficient (Wildman–Crippen LogP) is 2.91. The zero-order valence-corrected chi connectivity index (χ0v) is 13.1. The van der Waals surface area contributed by atoms with Crippen LogP contribution in [0.3, 0.4) is 0 Å². The molecule has 0 saturated carbocycles. The molecule has 0 spiro atoms. The van der Waals surface area contributed by atoms with Gasteiger partial charge in [-0.1, -0.05) is 36.7 Å². The molecular formula is C15H15ClN2O2S. The van der Waals surface area contributed by atoms with Crippen molar-refractivity contribution in [3.63, 3.8) is 0 Å². The van der Waals surface area contributed by atoms with Crippen molar-refractivity contribution in [2.45, 2.75) is 19.4 Å². The lowest BCUT2D eigenvalue weighted by atomic mass is 10.1. The molecule has 1 aromatic heterocycles. The number of fused-ring (bicyclic) bond motifs is 1. The van der Waals surface area contributed by atoms with E-state index in [1.165, 1.54) is 11.3 Å². The first-order valence-corrected chi connectivity index (χ1v) is 8.08. The maximum atomic E-state index is 12.8. The van der Waals surface area contributed by atoms with Crippen molar-refractivity contribution in [1.29, 1.82) is 0 Å². The quantitative estimate of drug-likeness (QED) is 0.924. The van der Waals surface area contributed by atoms with Gasteiger partial charge in [-0.15, -0.1) is 11.3 Å². The summed E-state index contributed by atoms with van der Waals surface area (Å²) in [5.41, 5.74) is 0. The van der Waals surface area contributed by atoms with Gasteiger partial charge in [0.25, 0.3) is 5.91 Å². The molecule has 6 heteroatoms. The summed E-state index contributed by atoms with van der Waals surface area (Å²) in [5.74, 6) is -0.239. The second-order valence-electron chi connectivity index (χ2n) is 4.95. The highest BCUT2D eigenvalue weighted by atomic mass is 35.5. The van der Waals surface area contributed by atoms with Gasteiger partial charge in [0.05, 0.1) is 5.02 Å². The van der Waals surface area contributed by atoms with Crippen LogP contribution >= 0.6 is 22.9 Å². The molecule has 110 valence electrons. The molecule has 0 bridgehead atoms. The van der Waals surface area contributed by atoms with Gasteiger partial charge in [0.2, 0.25) is 5.91 Å². The van der Waals surface area contributed by atoms with Gasteiger partial charge in [-0.05, 0) is 12.5 Å². The third-order valence-corrected chi connectivity index (χ3v) is 5.37. The van der Waals surface area contributed by atoms with E-state index in [1.54, 1.807) is 4.90 Å². The van der Waals surface area contributed by atoms with Crippen molar-refractivity contribution >= 4 is 44.8 Å². The van der Waals surface area contributed by atoms with E-state index < -0.39 is 6.04 Å². The molecule has 2 heterocycles. The first-order valence-electron chi connectivity index (χ1n) is 6.89. The number of rotatable bonds is 2. The standard InChI is InChI=1S/C15H15ClN2O2S/c1-2-10-14(19)17-7-8-18(10)15(20)13-12(16)9-5-3-4-6-11(9)21-13/h3-6,10H,2,7-8H2,1H3,(H,17,19). The Morgan fingerprint density at radius 1 is 1.48 bits per heavy atom. The first kappa shape index (κ1) is 14.4. The van der Waals surface area contributed by atoms with E-state index in [4.69, 9.17) is 11.6 Å². The lowest BCUT2D eigenvalue weighted by molar-refractivity contribution is -0.127. The van der Waals surface area contributed by atoms with Crippen molar-refractivity contribution in [1.82, 2.24) is 10.2 Å². The van der Waals surface area contributed by atoms with Crippen molar-refractivity contribution in [2.24, 2.45) is 0 Å². The summed E-state index contributed by atoms with van der Waals surface area (Å²) in [6.45, 7) is 2.92. The number of amides is 2. The van der Waals surface area contributed by atoms with Crippen molar-refractivity contribution < 1.29 is 9.59 Å². The third-order valence-electron chi connectivity index (χ3n) is 3.71. The van der Waals surface area contributed by atoms with E-state index in [2.05, 4.69) is 5.32 Å². The normalized spacial score (nSPS) is 18.9. The Kier molecular flexibility index (Phi) is 3.87. The fraction of sp³-hybridized carbons (Fsp3) is 0.333. The number of hydrogen-bond acceptors (Lipinski definition) is 3. The SMILES string of the molecule is CCC1C(=O)NCCN1C(=O)c1sc2ccccc2c1Cl. The predicted molar refractivity (Wildman–Crippen MR) is 85.0 cm³/mol. The van der Waals surface area contributed by atoms with E-state index in [0.29, 0.717) is 29.4 Å². The lowest BCUT2D eigenvalue weighted by Gasteiger charge is -2.34. The van der Waals surface area contributed by atoms with E-state index >= 15 is 0 Å². The number of hydrogen-bond donors (Lipinski definition) is 1. The van der Waals surface area contributed by atoms with Gasteiger partial charge in [-0.25, -0.2) is 0 Å². The van der Waals surface area contributed by atoms with Crippen LogP contribution in [-0.4, -0.2) is 35.8 Å². The zero-order chi connectivity index (χ0) is 15.0. The molecule has 0 aliphatic carbocycles. The third kappa shape index (κ3) is 2.40. The van der Waals surface area contributed by atoms with Crippen LogP contribution in [-0.2, 0) is 4.79 Å². The van der Waals surface area contributed by atoms with Crippen molar-refractivity contribution in [3.8, 4) is 0 Å². The summed E-state index contributed by atoms with van der Waals surface area (Å²) in [6, 6.07) is 7.27. The minimum Gasteiger partial charge on any atom is -0.353 e. The molecule has 4 nitrogen and oxygen atoms in total. The minimum absolute atomic E-state index is 0.0886. The molecule has 21 heavy (non-hydrogen) atoms. The Morgan fingerprint density at radius 2 is 2.24 bits per heavy atom. The largest absolute Gasteiger partial charge is 0.353 e. The van der Waals surface area contributed by atoms with Crippen LogP contribution in [0.2, 0.25) is 5.02 Å². The number of carbonyl (C=O) groups is 2. The molecule has 2 amide bonds. The second-order valence-corrected chi connectivity index (χ2v) is 6.39. The summed E-state index contributed by atoms with van der Waals surface area (Å²) >= 11 is 7.75. The topological polar surface area (TPSA) is 49.4 Å². The average molecular weight is 323 g/mol. The van der Waals surface area contributed by atoms with E-state index in [0.717, 1.165) is 10.1 Å². The molecule has 1 unspecified atom stereocenters. The van der Waals surface area contributed by atoms with Crippen LogP contribution in [0.15, 0.2) is 24.3 Å². The van der Waals surface area contributed by atoms with Gasteiger partial charge >= 0.3 is 0 Å². The highest BCUT2D eigenvalue weighted by Gasteiger charge is 2.33. The molecule has 2 aromatic rings. The smallest absolute Gasteiger partial charge is 0.266 e. The highest BCUT2D eigenvalue weighted by Crippen LogP contribution is 2.36. The number of carbonyl (C=O) groups excluding carboxylic acids is 2. The lowest BCUT2D eigenvalue weighted by Crippen LogP contribution is -2.56. The van der Waals surface area contributed by atoms with Gasteiger partial charge in [-0.2, -0.15) is 0 Å². The summed E-state index contributed by atoms with van der Waals surface area (Å²) in [6.07, 6.45) is 0.597. The van der Waals surface area contributed by atoms with Gasteiger partial charge in [0.15, 0.2) is 0 Å². The van der Waals surface area contributed by atoms with Crippen LogP contribution < -0.4 is 5.32 Å². The molecule has 3 rings (SSSR count). The van der Waals surface area contributed by atoms with Crippen LogP contribution in [0.5, 0.6) is 0 Å². The van der Waals surface area contributed by atoms with Crippen molar-refractivity contribution in [3.05, 3.63) is 34.2 Å². The van der Waals surface area contributed by atoms with Crippen LogP contribution in [0.1, 0.15) is 23.0 Å². The van der Waals surface area contributed by atoms with Crippen molar-refractivity contribution in [2.75, 3.05) is 13.1 Å². The Balaban J connectivity index is 1.99. The molecule has 1 atom stereocenters. The molecule has 1 N–H and O–H groups in total. The fourth-order valence-corrected chi connectivity index (χ4v) is 4.11. The fourth-order valence-electron chi connectivity index (χ4n) is 2.65. The van der Waals surface area contributed by atoms with Crippen LogP contribution in [0, 0.1) is 0 Å². The summed E-state index contributed by atoms with van der Waals surface area (Å²) in [7, 11) is 0. The Bertz CT molecular complexity index is 713. The van der Waals surface area contributed by atoms with E-state index in [9.17, 15) is 9.59 Å². The number of nitrogens with zero attached hydrogens (tertiary/aromatic N) is 1. The van der Waals surface area contributed by atoms with Gasteiger partial charge in [0.1, 0.15) is 10.9 Å². The number of nitrogens with one attached hydrogen (secondary N) is 1. The second kappa shape index (κ2) is 5.66. The van der Waals surface area contributed by atoms with E-state index in [-0.39, 0.29) is 11.8 Å². The summed E-state index contributed by atoms with van der Waals surface area (Å²) < 4.78 is 0.986. The maximum absolute atomic E-state index is 12.8. The molecular weight excluding hydrogens is 308 g/mol. The van der Waals surface area contributed by atoms with Gasteiger partial charge < -0.3 is 10.2 Å². The molecule has 0 radical (unpaired) electrons. The van der Waals surface area contributed by atoms with Crippen LogP contribution in [0.25, 0.3) is 10.1 Å². The minimum atomic E-state index is -0.410.